The number of fused-ring (bicyclic) bond motifs is 1. The maximum atomic E-state index is 12.3. The van der Waals surface area contributed by atoms with Gasteiger partial charge in [-0.25, -0.2) is 0 Å². The van der Waals surface area contributed by atoms with Crippen molar-refractivity contribution < 1.29 is 24.2 Å². The van der Waals surface area contributed by atoms with Gasteiger partial charge in [0.25, 0.3) is 0 Å². The predicted octanol–water partition coefficient (Wildman–Crippen LogP) is 1.93. The van der Waals surface area contributed by atoms with E-state index in [-0.39, 0.29) is 27.9 Å². The lowest BCUT2D eigenvalue weighted by Gasteiger charge is -2.09. The van der Waals surface area contributed by atoms with Crippen molar-refractivity contribution in [3.05, 3.63) is 69.8 Å². The summed E-state index contributed by atoms with van der Waals surface area (Å²) in [6.07, 6.45) is 1.46. The Labute approximate surface area is 142 Å². The number of halogens is 1. The third-order valence-corrected chi connectivity index (χ3v) is 3.81. The fourth-order valence-corrected chi connectivity index (χ4v) is 2.67. The third-order valence-electron chi connectivity index (χ3n) is 3.52. The van der Waals surface area contributed by atoms with Gasteiger partial charge in [0.05, 0.1) is 16.6 Å². The zero-order valence-electron chi connectivity index (χ0n) is 12.2. The first-order valence-corrected chi connectivity index (χ1v) is 7.37. The third kappa shape index (κ3) is 2.94. The second-order valence-electron chi connectivity index (χ2n) is 5.11. The van der Waals surface area contributed by atoms with Gasteiger partial charge in [0.2, 0.25) is 0 Å². The molecule has 0 fully saturated rings. The van der Waals surface area contributed by atoms with Crippen molar-refractivity contribution >= 4 is 35.2 Å². The van der Waals surface area contributed by atoms with Crippen molar-refractivity contribution in [1.82, 2.24) is 0 Å². The van der Waals surface area contributed by atoms with E-state index in [0.29, 0.717) is 16.7 Å². The van der Waals surface area contributed by atoms with E-state index < -0.39 is 12.6 Å². The highest BCUT2D eigenvalue weighted by Gasteiger charge is 2.32. The molecule has 2 aromatic carbocycles. The number of ether oxygens (including phenoxy) is 1. The zero-order valence-corrected chi connectivity index (χ0v) is 13.0. The van der Waals surface area contributed by atoms with Crippen LogP contribution in [0, 0.1) is 0 Å². The van der Waals surface area contributed by atoms with Crippen LogP contribution < -0.4 is 9.84 Å². The number of Topliss-reactive ketones (excluding diaryl/α,β-unsaturated/α-hetero) is 2. The lowest BCUT2D eigenvalue weighted by molar-refractivity contribution is -0.307. The second-order valence-corrected chi connectivity index (χ2v) is 5.52. The molecule has 0 radical (unpaired) electrons. The molecule has 120 valence electrons. The van der Waals surface area contributed by atoms with Gasteiger partial charge in [-0.15, -0.1) is 0 Å². The SMILES string of the molecule is O=C([O-])COc1ccc(C=C2C(=O)c3ccccc3C2=O)cc1Cl. The fourth-order valence-electron chi connectivity index (χ4n) is 2.43. The Kier molecular flexibility index (Phi) is 4.18. The summed E-state index contributed by atoms with van der Waals surface area (Å²) in [6.45, 7) is -0.619. The van der Waals surface area contributed by atoms with Gasteiger partial charge in [-0.1, -0.05) is 41.9 Å². The first-order valence-electron chi connectivity index (χ1n) is 6.99. The standard InChI is InChI=1S/C18H11ClO5/c19-14-8-10(5-6-15(14)24-9-16(20)21)7-13-17(22)11-3-1-2-4-12(11)18(13)23/h1-8H,9H2,(H,20,21)/p-1. The second kappa shape index (κ2) is 6.29. The van der Waals surface area contributed by atoms with Crippen LogP contribution in [0.3, 0.4) is 0 Å². The molecule has 5 nitrogen and oxygen atoms in total. The van der Waals surface area contributed by atoms with Gasteiger partial charge < -0.3 is 14.6 Å². The topological polar surface area (TPSA) is 83.5 Å². The van der Waals surface area contributed by atoms with Crippen molar-refractivity contribution in [3.63, 3.8) is 0 Å². The molecule has 0 aromatic heterocycles. The highest BCUT2D eigenvalue weighted by molar-refractivity contribution is 6.41. The summed E-state index contributed by atoms with van der Waals surface area (Å²) >= 11 is 6.02. The smallest absolute Gasteiger partial charge is 0.197 e. The summed E-state index contributed by atoms with van der Waals surface area (Å²) in [5.74, 6) is -1.85. The van der Waals surface area contributed by atoms with Crippen LogP contribution in [0.15, 0.2) is 48.0 Å². The van der Waals surface area contributed by atoms with Gasteiger partial charge in [-0.2, -0.15) is 0 Å². The number of hydrogen-bond acceptors (Lipinski definition) is 5. The molecule has 0 N–H and O–H groups in total. The average Bonchev–Trinajstić information content (AvgIpc) is 2.79. The van der Waals surface area contributed by atoms with E-state index in [1.54, 1.807) is 30.3 Å². The molecule has 6 heteroatoms. The van der Waals surface area contributed by atoms with E-state index in [9.17, 15) is 19.5 Å². The minimum absolute atomic E-state index is 0.0654. The molecule has 0 spiro atoms. The van der Waals surface area contributed by atoms with Crippen molar-refractivity contribution in [3.8, 4) is 5.75 Å². The zero-order chi connectivity index (χ0) is 17.3. The molecule has 2 aromatic rings. The first kappa shape index (κ1) is 16.0. The predicted molar refractivity (Wildman–Crippen MR) is 85.0 cm³/mol. The maximum Gasteiger partial charge on any atom is 0.197 e. The van der Waals surface area contributed by atoms with Gasteiger partial charge in [0.15, 0.2) is 11.6 Å². The van der Waals surface area contributed by atoms with Crippen LogP contribution in [0.25, 0.3) is 6.08 Å². The Morgan fingerprint density at radius 3 is 2.25 bits per heavy atom. The molecule has 0 saturated carbocycles. The van der Waals surface area contributed by atoms with E-state index in [1.807, 2.05) is 0 Å². The lowest BCUT2D eigenvalue weighted by atomic mass is 10.1. The van der Waals surface area contributed by atoms with E-state index >= 15 is 0 Å². The van der Waals surface area contributed by atoms with Crippen LogP contribution >= 0.6 is 11.6 Å². The van der Waals surface area contributed by atoms with Crippen LogP contribution in [0.2, 0.25) is 5.02 Å². The molecule has 3 rings (SSSR count). The molecular weight excluding hydrogens is 332 g/mol. The molecule has 24 heavy (non-hydrogen) atoms. The number of carboxylic acid groups (broad SMARTS) is 1. The number of carbonyl (C=O) groups is 3. The molecule has 0 unspecified atom stereocenters. The van der Waals surface area contributed by atoms with Crippen molar-refractivity contribution in [2.24, 2.45) is 0 Å². The number of benzene rings is 2. The van der Waals surface area contributed by atoms with E-state index in [2.05, 4.69) is 0 Å². The number of rotatable bonds is 4. The molecule has 0 saturated heterocycles. The van der Waals surface area contributed by atoms with Gasteiger partial charge in [0, 0.05) is 11.1 Å². The number of allylic oxidation sites excluding steroid dienone is 1. The lowest BCUT2D eigenvalue weighted by Crippen LogP contribution is -2.28. The molecule has 0 bridgehead atoms. The van der Waals surface area contributed by atoms with Crippen LogP contribution in [0.4, 0.5) is 0 Å². The van der Waals surface area contributed by atoms with Gasteiger partial charge >= 0.3 is 0 Å². The van der Waals surface area contributed by atoms with E-state index in [1.165, 1.54) is 18.2 Å². The Hall–Kier alpha value is -2.92. The van der Waals surface area contributed by atoms with E-state index in [4.69, 9.17) is 16.3 Å². The first-order chi connectivity index (χ1) is 11.5. The number of hydrogen-bond donors (Lipinski definition) is 0. The monoisotopic (exact) mass is 341 g/mol. The molecule has 1 aliphatic rings. The Bertz CT molecular complexity index is 861. The molecule has 0 aliphatic heterocycles. The summed E-state index contributed by atoms with van der Waals surface area (Å²) in [5, 5.41) is 10.6. The quantitative estimate of drug-likeness (QED) is 0.626. The summed E-state index contributed by atoms with van der Waals surface area (Å²) in [6, 6.07) is 11.2. The normalized spacial score (nSPS) is 13.0. The average molecular weight is 342 g/mol. The van der Waals surface area contributed by atoms with Crippen LogP contribution in [0.1, 0.15) is 26.3 Å². The summed E-state index contributed by atoms with van der Waals surface area (Å²) in [4.78, 5) is 35.0. The number of carbonyl (C=O) groups excluding carboxylic acids is 3. The number of aliphatic carboxylic acids is 1. The van der Waals surface area contributed by atoms with Crippen LogP contribution in [0.5, 0.6) is 5.75 Å². The minimum Gasteiger partial charge on any atom is -0.546 e. The van der Waals surface area contributed by atoms with Gasteiger partial charge in [0.1, 0.15) is 12.4 Å². The molecule has 0 amide bonds. The molecule has 0 atom stereocenters. The minimum atomic E-state index is -1.36. The van der Waals surface area contributed by atoms with E-state index in [0.717, 1.165) is 0 Å². The summed E-state index contributed by atoms with van der Waals surface area (Å²) in [5.41, 5.74) is 1.36. The molecule has 1 aliphatic carbocycles. The van der Waals surface area contributed by atoms with Crippen LogP contribution in [-0.2, 0) is 4.79 Å². The number of ketones is 2. The van der Waals surface area contributed by atoms with Crippen molar-refractivity contribution in [2.45, 2.75) is 0 Å². The summed E-state index contributed by atoms with van der Waals surface area (Å²) in [7, 11) is 0. The largest absolute Gasteiger partial charge is 0.546 e. The molecular formula is C18H10ClO5-. The Morgan fingerprint density at radius 1 is 1.08 bits per heavy atom. The maximum absolute atomic E-state index is 12.3. The van der Waals surface area contributed by atoms with Crippen molar-refractivity contribution in [1.29, 1.82) is 0 Å². The summed E-state index contributed by atoms with van der Waals surface area (Å²) < 4.78 is 4.97. The highest BCUT2D eigenvalue weighted by Crippen LogP contribution is 2.30. The van der Waals surface area contributed by atoms with Gasteiger partial charge in [-0.3, -0.25) is 9.59 Å². The van der Waals surface area contributed by atoms with Gasteiger partial charge in [-0.05, 0) is 23.8 Å². The molecule has 0 heterocycles. The highest BCUT2D eigenvalue weighted by atomic mass is 35.5. The fraction of sp³-hybridized carbons (Fsp3) is 0.0556. The number of carboxylic acids is 1. The Balaban J connectivity index is 1.90. The van der Waals surface area contributed by atoms with Crippen LogP contribution in [-0.4, -0.2) is 24.1 Å². The van der Waals surface area contributed by atoms with Crippen molar-refractivity contribution in [2.75, 3.05) is 6.61 Å². The Morgan fingerprint density at radius 2 is 1.71 bits per heavy atom.